The Morgan fingerprint density at radius 1 is 1.20 bits per heavy atom. The van der Waals surface area contributed by atoms with E-state index in [1.807, 2.05) is 0 Å². The van der Waals surface area contributed by atoms with Gasteiger partial charge in [0.1, 0.15) is 0 Å². The van der Waals surface area contributed by atoms with Crippen LogP contribution in [0, 0.1) is 11.8 Å². The van der Waals surface area contributed by atoms with Crippen molar-refractivity contribution in [3.8, 4) is 0 Å². The summed E-state index contributed by atoms with van der Waals surface area (Å²) in [6, 6.07) is 0. The third-order valence-electron chi connectivity index (χ3n) is 3.28. The van der Waals surface area contributed by atoms with E-state index in [-0.39, 0.29) is 6.54 Å². The van der Waals surface area contributed by atoms with Crippen LogP contribution in [0.25, 0.3) is 0 Å². The van der Waals surface area contributed by atoms with Crippen LogP contribution in [0.3, 0.4) is 0 Å². The molecule has 1 rings (SSSR count). The average molecular weight is 223 g/mol. The molecule has 0 heterocycles. The molecule has 0 aromatic rings. The van der Waals surface area contributed by atoms with Gasteiger partial charge in [-0.05, 0) is 24.8 Å². The van der Waals surface area contributed by atoms with Gasteiger partial charge in [0.25, 0.3) is 0 Å². The average Bonchev–Trinajstić information content (AvgIpc) is 2.13. The fourth-order valence-electron chi connectivity index (χ4n) is 2.21. The van der Waals surface area contributed by atoms with Crippen molar-refractivity contribution in [2.45, 2.75) is 45.2 Å². The summed E-state index contributed by atoms with van der Waals surface area (Å²) in [7, 11) is 0. The lowest BCUT2D eigenvalue weighted by atomic mass is 9.80. The van der Waals surface area contributed by atoms with E-state index in [9.17, 15) is 13.2 Å². The summed E-state index contributed by atoms with van der Waals surface area (Å²) in [5.74, 6) is 1.24. The van der Waals surface area contributed by atoms with Gasteiger partial charge < -0.3 is 5.32 Å². The molecule has 0 aromatic heterocycles. The molecule has 1 nitrogen and oxygen atoms in total. The molecule has 1 aliphatic rings. The van der Waals surface area contributed by atoms with Crippen molar-refractivity contribution in [1.29, 1.82) is 0 Å². The third kappa shape index (κ3) is 5.40. The van der Waals surface area contributed by atoms with E-state index in [0.717, 1.165) is 6.54 Å². The van der Waals surface area contributed by atoms with Gasteiger partial charge in [-0.15, -0.1) is 0 Å². The second kappa shape index (κ2) is 5.73. The largest absolute Gasteiger partial charge is 0.390 e. The SMILES string of the molecule is CC1CCCCC1CNCCC(F)(F)F. The highest BCUT2D eigenvalue weighted by atomic mass is 19.4. The van der Waals surface area contributed by atoms with Crippen LogP contribution in [0.4, 0.5) is 13.2 Å². The van der Waals surface area contributed by atoms with E-state index in [2.05, 4.69) is 12.2 Å². The zero-order valence-electron chi connectivity index (χ0n) is 9.24. The maximum absolute atomic E-state index is 11.9. The molecule has 0 saturated heterocycles. The summed E-state index contributed by atoms with van der Waals surface area (Å²) in [4.78, 5) is 0. The zero-order chi connectivity index (χ0) is 11.3. The fraction of sp³-hybridized carbons (Fsp3) is 1.00. The first kappa shape index (κ1) is 12.8. The summed E-state index contributed by atoms with van der Waals surface area (Å²) >= 11 is 0. The molecule has 0 aliphatic heterocycles. The Bertz CT molecular complexity index is 179. The molecule has 1 saturated carbocycles. The van der Waals surface area contributed by atoms with Gasteiger partial charge in [-0.2, -0.15) is 13.2 Å². The Balaban J connectivity index is 2.08. The Labute approximate surface area is 89.4 Å². The highest BCUT2D eigenvalue weighted by Gasteiger charge is 2.26. The molecule has 0 amide bonds. The molecule has 2 unspecified atom stereocenters. The first-order valence-electron chi connectivity index (χ1n) is 5.76. The summed E-state index contributed by atoms with van der Waals surface area (Å²) in [6.07, 6.45) is 0.168. The second-order valence-electron chi connectivity index (χ2n) is 4.59. The van der Waals surface area contributed by atoms with E-state index in [4.69, 9.17) is 0 Å². The topological polar surface area (TPSA) is 12.0 Å². The maximum Gasteiger partial charge on any atom is 0.390 e. The summed E-state index contributed by atoms with van der Waals surface area (Å²) in [6.45, 7) is 3.01. The summed E-state index contributed by atoms with van der Waals surface area (Å²) < 4.78 is 35.6. The molecule has 90 valence electrons. The number of hydrogen-bond acceptors (Lipinski definition) is 1. The minimum Gasteiger partial charge on any atom is -0.316 e. The van der Waals surface area contributed by atoms with Crippen molar-refractivity contribution in [1.82, 2.24) is 5.32 Å². The predicted octanol–water partition coefficient (Wildman–Crippen LogP) is 3.35. The van der Waals surface area contributed by atoms with Gasteiger partial charge in [0, 0.05) is 6.54 Å². The number of nitrogens with one attached hydrogen (secondary N) is 1. The molecule has 4 heteroatoms. The Morgan fingerprint density at radius 3 is 2.47 bits per heavy atom. The van der Waals surface area contributed by atoms with Crippen LogP contribution in [0.1, 0.15) is 39.0 Å². The van der Waals surface area contributed by atoms with Crippen LogP contribution in [-0.2, 0) is 0 Å². The normalized spacial score (nSPS) is 28.0. The van der Waals surface area contributed by atoms with Crippen LogP contribution in [0.5, 0.6) is 0 Å². The lowest BCUT2D eigenvalue weighted by Gasteiger charge is -2.28. The molecule has 0 spiro atoms. The predicted molar refractivity (Wildman–Crippen MR) is 54.7 cm³/mol. The van der Waals surface area contributed by atoms with Gasteiger partial charge in [-0.1, -0.05) is 26.2 Å². The quantitative estimate of drug-likeness (QED) is 0.721. The van der Waals surface area contributed by atoms with E-state index >= 15 is 0 Å². The molecular formula is C11H20F3N. The Kier molecular flexibility index (Phi) is 4.90. The first-order chi connectivity index (χ1) is 6.99. The van der Waals surface area contributed by atoms with Gasteiger partial charge in [0.05, 0.1) is 6.42 Å². The number of hydrogen-bond donors (Lipinski definition) is 1. The standard InChI is InChI=1S/C11H20F3N/c1-9-4-2-3-5-10(9)8-15-7-6-11(12,13)14/h9-10,15H,2-8H2,1H3. The lowest BCUT2D eigenvalue weighted by Crippen LogP contribution is -2.31. The van der Waals surface area contributed by atoms with E-state index < -0.39 is 12.6 Å². The van der Waals surface area contributed by atoms with Gasteiger partial charge in [-0.25, -0.2) is 0 Å². The van der Waals surface area contributed by atoms with Gasteiger partial charge in [-0.3, -0.25) is 0 Å². The maximum atomic E-state index is 11.9. The van der Waals surface area contributed by atoms with E-state index in [1.54, 1.807) is 0 Å². The molecular weight excluding hydrogens is 203 g/mol. The molecule has 0 aromatic carbocycles. The molecule has 1 N–H and O–H groups in total. The van der Waals surface area contributed by atoms with Crippen molar-refractivity contribution in [3.05, 3.63) is 0 Å². The van der Waals surface area contributed by atoms with E-state index in [1.165, 1.54) is 25.7 Å². The Hall–Kier alpha value is -0.250. The molecule has 15 heavy (non-hydrogen) atoms. The van der Waals surface area contributed by atoms with Gasteiger partial charge in [0.2, 0.25) is 0 Å². The van der Waals surface area contributed by atoms with Crippen LogP contribution in [-0.4, -0.2) is 19.3 Å². The third-order valence-corrected chi connectivity index (χ3v) is 3.28. The van der Waals surface area contributed by atoms with Crippen LogP contribution < -0.4 is 5.32 Å². The highest BCUT2D eigenvalue weighted by molar-refractivity contribution is 4.74. The van der Waals surface area contributed by atoms with Crippen molar-refractivity contribution >= 4 is 0 Å². The van der Waals surface area contributed by atoms with Crippen molar-refractivity contribution in [2.75, 3.05) is 13.1 Å². The van der Waals surface area contributed by atoms with Gasteiger partial charge in [0.15, 0.2) is 0 Å². The molecule has 1 fully saturated rings. The molecule has 2 atom stereocenters. The molecule has 0 radical (unpaired) electrons. The van der Waals surface area contributed by atoms with E-state index in [0.29, 0.717) is 11.8 Å². The Morgan fingerprint density at radius 2 is 1.87 bits per heavy atom. The van der Waals surface area contributed by atoms with Crippen molar-refractivity contribution in [3.63, 3.8) is 0 Å². The number of halogens is 3. The van der Waals surface area contributed by atoms with Crippen molar-refractivity contribution in [2.24, 2.45) is 11.8 Å². The summed E-state index contributed by atoms with van der Waals surface area (Å²) in [5.41, 5.74) is 0. The van der Waals surface area contributed by atoms with Crippen LogP contribution in [0.2, 0.25) is 0 Å². The smallest absolute Gasteiger partial charge is 0.316 e. The summed E-state index contributed by atoms with van der Waals surface area (Å²) in [5, 5.41) is 2.92. The highest BCUT2D eigenvalue weighted by Crippen LogP contribution is 2.28. The lowest BCUT2D eigenvalue weighted by molar-refractivity contribution is -0.133. The minimum atomic E-state index is -4.02. The van der Waals surface area contributed by atoms with Crippen LogP contribution >= 0.6 is 0 Å². The molecule has 0 bridgehead atoms. The molecule has 1 aliphatic carbocycles. The van der Waals surface area contributed by atoms with Crippen LogP contribution in [0.15, 0.2) is 0 Å². The number of rotatable bonds is 4. The minimum absolute atomic E-state index is 0.0622. The number of alkyl halides is 3. The van der Waals surface area contributed by atoms with Gasteiger partial charge >= 0.3 is 6.18 Å². The zero-order valence-corrected chi connectivity index (χ0v) is 9.24. The fourth-order valence-corrected chi connectivity index (χ4v) is 2.21. The second-order valence-corrected chi connectivity index (χ2v) is 4.59. The monoisotopic (exact) mass is 223 g/mol. The first-order valence-corrected chi connectivity index (χ1v) is 5.76. The van der Waals surface area contributed by atoms with Crippen molar-refractivity contribution < 1.29 is 13.2 Å².